The van der Waals surface area contributed by atoms with E-state index in [-0.39, 0.29) is 12.0 Å². The summed E-state index contributed by atoms with van der Waals surface area (Å²) in [6.07, 6.45) is 3.74. The van der Waals surface area contributed by atoms with Crippen LogP contribution in [-0.4, -0.2) is 25.6 Å². The molecule has 3 heteroatoms. The Morgan fingerprint density at radius 2 is 2.00 bits per heavy atom. The van der Waals surface area contributed by atoms with Gasteiger partial charge >= 0.3 is 0 Å². The smallest absolute Gasteiger partial charge is 0.120 e. The van der Waals surface area contributed by atoms with E-state index in [4.69, 9.17) is 9.47 Å². The molecule has 1 fully saturated rings. The summed E-state index contributed by atoms with van der Waals surface area (Å²) in [5, 5.41) is 0. The van der Waals surface area contributed by atoms with Gasteiger partial charge in [0.25, 0.3) is 0 Å². The van der Waals surface area contributed by atoms with E-state index < -0.39 is 0 Å². The van der Waals surface area contributed by atoms with Crippen molar-refractivity contribution in [2.24, 2.45) is 0 Å². The molecule has 0 saturated carbocycles. The SMILES string of the molecule is CC(CC=O)c1ccc(OC2CCOCC2)cc1. The molecule has 0 aliphatic carbocycles. The fraction of sp³-hybridized carbons (Fsp3) is 0.533. The van der Waals surface area contributed by atoms with Gasteiger partial charge in [0.1, 0.15) is 18.1 Å². The van der Waals surface area contributed by atoms with Crippen molar-refractivity contribution in [2.75, 3.05) is 13.2 Å². The van der Waals surface area contributed by atoms with Crippen LogP contribution >= 0.6 is 0 Å². The van der Waals surface area contributed by atoms with Crippen LogP contribution in [0.2, 0.25) is 0 Å². The van der Waals surface area contributed by atoms with Crippen LogP contribution in [0.1, 0.15) is 37.7 Å². The number of carbonyl (C=O) groups excluding carboxylic acids is 1. The number of carbonyl (C=O) groups is 1. The van der Waals surface area contributed by atoms with Crippen LogP contribution in [0, 0.1) is 0 Å². The lowest BCUT2D eigenvalue weighted by atomic mass is 9.98. The summed E-state index contributed by atoms with van der Waals surface area (Å²) >= 11 is 0. The largest absolute Gasteiger partial charge is 0.490 e. The minimum atomic E-state index is 0.275. The van der Waals surface area contributed by atoms with Crippen molar-refractivity contribution in [3.05, 3.63) is 29.8 Å². The Morgan fingerprint density at radius 1 is 1.33 bits per heavy atom. The van der Waals surface area contributed by atoms with Gasteiger partial charge in [-0.05, 0) is 23.6 Å². The first-order valence-electron chi connectivity index (χ1n) is 6.57. The van der Waals surface area contributed by atoms with Gasteiger partial charge in [-0.3, -0.25) is 0 Å². The van der Waals surface area contributed by atoms with Gasteiger partial charge in [0.2, 0.25) is 0 Å². The fourth-order valence-electron chi connectivity index (χ4n) is 2.14. The van der Waals surface area contributed by atoms with Crippen LogP contribution in [0.15, 0.2) is 24.3 Å². The predicted octanol–water partition coefficient (Wildman–Crippen LogP) is 2.94. The summed E-state index contributed by atoms with van der Waals surface area (Å²) in [7, 11) is 0. The van der Waals surface area contributed by atoms with Crippen molar-refractivity contribution < 1.29 is 14.3 Å². The van der Waals surface area contributed by atoms with E-state index >= 15 is 0 Å². The zero-order valence-corrected chi connectivity index (χ0v) is 10.8. The number of aldehydes is 1. The first-order chi connectivity index (χ1) is 8.79. The lowest BCUT2D eigenvalue weighted by molar-refractivity contribution is -0.108. The minimum absolute atomic E-state index is 0.275. The Bertz CT molecular complexity index is 366. The molecule has 1 atom stereocenters. The van der Waals surface area contributed by atoms with Crippen molar-refractivity contribution in [3.8, 4) is 5.75 Å². The zero-order valence-electron chi connectivity index (χ0n) is 10.8. The van der Waals surface area contributed by atoms with Crippen LogP contribution in [-0.2, 0) is 9.53 Å². The van der Waals surface area contributed by atoms with Gasteiger partial charge in [-0.25, -0.2) is 0 Å². The maximum absolute atomic E-state index is 10.5. The van der Waals surface area contributed by atoms with E-state index in [0.29, 0.717) is 6.42 Å². The molecule has 1 heterocycles. The molecule has 0 radical (unpaired) electrons. The summed E-state index contributed by atoms with van der Waals surface area (Å²) in [5.74, 6) is 1.18. The van der Waals surface area contributed by atoms with Gasteiger partial charge in [-0.1, -0.05) is 19.1 Å². The quantitative estimate of drug-likeness (QED) is 0.752. The second-order valence-electron chi connectivity index (χ2n) is 4.80. The van der Waals surface area contributed by atoms with Crippen LogP contribution in [0.4, 0.5) is 0 Å². The Morgan fingerprint density at radius 3 is 2.61 bits per heavy atom. The number of hydrogen-bond acceptors (Lipinski definition) is 3. The molecule has 1 aliphatic rings. The summed E-state index contributed by atoms with van der Waals surface area (Å²) in [6, 6.07) is 8.07. The fourth-order valence-corrected chi connectivity index (χ4v) is 2.14. The minimum Gasteiger partial charge on any atom is -0.490 e. The topological polar surface area (TPSA) is 35.5 Å². The predicted molar refractivity (Wildman–Crippen MR) is 70.0 cm³/mol. The maximum Gasteiger partial charge on any atom is 0.120 e. The van der Waals surface area contributed by atoms with Crippen molar-refractivity contribution in [1.29, 1.82) is 0 Å². The van der Waals surface area contributed by atoms with Crippen molar-refractivity contribution in [1.82, 2.24) is 0 Å². The van der Waals surface area contributed by atoms with Crippen LogP contribution in [0.5, 0.6) is 5.75 Å². The van der Waals surface area contributed by atoms with E-state index in [2.05, 4.69) is 6.92 Å². The Hall–Kier alpha value is -1.35. The van der Waals surface area contributed by atoms with Gasteiger partial charge < -0.3 is 14.3 Å². The van der Waals surface area contributed by atoms with Gasteiger partial charge in [-0.15, -0.1) is 0 Å². The Balaban J connectivity index is 1.92. The first kappa shape index (κ1) is 13.1. The second kappa shape index (κ2) is 6.55. The molecular weight excluding hydrogens is 228 g/mol. The number of rotatable bonds is 5. The average molecular weight is 248 g/mol. The van der Waals surface area contributed by atoms with Gasteiger partial charge in [0.05, 0.1) is 13.2 Å². The molecule has 1 aromatic carbocycles. The van der Waals surface area contributed by atoms with E-state index in [1.54, 1.807) is 0 Å². The maximum atomic E-state index is 10.5. The molecule has 1 aliphatic heterocycles. The highest BCUT2D eigenvalue weighted by molar-refractivity contribution is 5.51. The van der Waals surface area contributed by atoms with Gasteiger partial charge in [0, 0.05) is 19.3 Å². The molecule has 0 aromatic heterocycles. The monoisotopic (exact) mass is 248 g/mol. The molecule has 3 nitrogen and oxygen atoms in total. The van der Waals surface area contributed by atoms with Crippen LogP contribution in [0.25, 0.3) is 0 Å². The van der Waals surface area contributed by atoms with E-state index in [1.807, 2.05) is 24.3 Å². The first-order valence-corrected chi connectivity index (χ1v) is 6.57. The summed E-state index contributed by atoms with van der Waals surface area (Å²) in [5.41, 5.74) is 1.18. The zero-order chi connectivity index (χ0) is 12.8. The number of hydrogen-bond donors (Lipinski definition) is 0. The molecular formula is C15H20O3. The molecule has 1 saturated heterocycles. The molecule has 0 bridgehead atoms. The molecule has 1 unspecified atom stereocenters. The standard InChI is InChI=1S/C15H20O3/c1-12(6-9-16)13-2-4-14(5-3-13)18-15-7-10-17-11-8-15/h2-5,9,12,15H,6-8,10-11H2,1H3. The van der Waals surface area contributed by atoms with Crippen LogP contribution < -0.4 is 4.74 Å². The summed E-state index contributed by atoms with van der Waals surface area (Å²) in [6.45, 7) is 3.64. The Labute approximate surface area is 108 Å². The molecule has 0 spiro atoms. The van der Waals surface area contributed by atoms with Crippen LogP contribution in [0.3, 0.4) is 0 Å². The number of benzene rings is 1. The highest BCUT2D eigenvalue weighted by Gasteiger charge is 2.15. The van der Waals surface area contributed by atoms with E-state index in [0.717, 1.165) is 38.1 Å². The Kier molecular flexibility index (Phi) is 4.76. The third kappa shape index (κ3) is 3.57. The van der Waals surface area contributed by atoms with Crippen molar-refractivity contribution in [2.45, 2.75) is 38.2 Å². The molecule has 2 rings (SSSR count). The molecule has 18 heavy (non-hydrogen) atoms. The highest BCUT2D eigenvalue weighted by Crippen LogP contribution is 2.23. The summed E-state index contributed by atoms with van der Waals surface area (Å²) < 4.78 is 11.2. The lowest BCUT2D eigenvalue weighted by Crippen LogP contribution is -2.25. The average Bonchev–Trinajstić information content (AvgIpc) is 2.41. The summed E-state index contributed by atoms with van der Waals surface area (Å²) in [4.78, 5) is 10.5. The second-order valence-corrected chi connectivity index (χ2v) is 4.80. The normalized spacial score (nSPS) is 18.3. The molecule has 0 N–H and O–H groups in total. The third-order valence-electron chi connectivity index (χ3n) is 3.37. The van der Waals surface area contributed by atoms with Gasteiger partial charge in [0.15, 0.2) is 0 Å². The van der Waals surface area contributed by atoms with E-state index in [9.17, 15) is 4.79 Å². The third-order valence-corrected chi connectivity index (χ3v) is 3.37. The molecule has 98 valence electrons. The van der Waals surface area contributed by atoms with Crippen molar-refractivity contribution >= 4 is 6.29 Å². The van der Waals surface area contributed by atoms with Gasteiger partial charge in [-0.2, -0.15) is 0 Å². The number of ether oxygens (including phenoxy) is 2. The lowest BCUT2D eigenvalue weighted by Gasteiger charge is -2.23. The van der Waals surface area contributed by atoms with E-state index in [1.165, 1.54) is 5.56 Å². The van der Waals surface area contributed by atoms with Crippen molar-refractivity contribution in [3.63, 3.8) is 0 Å². The molecule has 0 amide bonds. The highest BCUT2D eigenvalue weighted by atomic mass is 16.5. The molecule has 1 aromatic rings.